The third kappa shape index (κ3) is 1.62. The van der Waals surface area contributed by atoms with E-state index in [4.69, 9.17) is 10.7 Å². The summed E-state index contributed by atoms with van der Waals surface area (Å²) in [7, 11) is 2.02. The molecule has 18 heavy (non-hydrogen) atoms. The van der Waals surface area contributed by atoms with Crippen LogP contribution < -0.4 is 5.73 Å². The molecule has 0 saturated heterocycles. The quantitative estimate of drug-likeness (QED) is 0.877. The second-order valence-electron chi connectivity index (χ2n) is 5.30. The highest BCUT2D eigenvalue weighted by Crippen LogP contribution is 2.42. The van der Waals surface area contributed by atoms with Crippen LogP contribution in [0.1, 0.15) is 35.7 Å². The van der Waals surface area contributed by atoms with Crippen LogP contribution in [0.5, 0.6) is 0 Å². The number of nitrogens with zero attached hydrogens (tertiary/aromatic N) is 2. The number of rotatable bonds is 2. The molecule has 3 heteroatoms. The highest BCUT2D eigenvalue weighted by Gasteiger charge is 2.30. The van der Waals surface area contributed by atoms with E-state index < -0.39 is 0 Å². The molecule has 1 aromatic carbocycles. The van der Waals surface area contributed by atoms with E-state index in [1.165, 1.54) is 29.5 Å². The fraction of sp³-hybridized carbons (Fsp3) is 0.400. The molecule has 0 unspecified atom stereocenters. The average molecular weight is 241 g/mol. The summed E-state index contributed by atoms with van der Waals surface area (Å²) >= 11 is 0. The van der Waals surface area contributed by atoms with Gasteiger partial charge in [-0.15, -0.1) is 0 Å². The van der Waals surface area contributed by atoms with Crippen molar-refractivity contribution in [2.75, 3.05) is 5.73 Å². The maximum atomic E-state index is 6.24. The molecule has 0 aliphatic heterocycles. The zero-order chi connectivity index (χ0) is 12.9. The van der Waals surface area contributed by atoms with E-state index in [1.54, 1.807) is 0 Å². The summed E-state index contributed by atoms with van der Waals surface area (Å²) in [5.41, 5.74) is 10.9. The predicted octanol–water partition coefficient (Wildman–Crippen LogP) is 3.16. The normalized spacial score (nSPS) is 15.1. The Bertz CT molecular complexity index is 586. The van der Waals surface area contributed by atoms with Gasteiger partial charge in [-0.1, -0.05) is 18.2 Å². The van der Waals surface area contributed by atoms with Crippen molar-refractivity contribution in [2.24, 2.45) is 7.05 Å². The molecule has 94 valence electrons. The molecule has 3 rings (SSSR count). The van der Waals surface area contributed by atoms with Gasteiger partial charge >= 0.3 is 0 Å². The monoisotopic (exact) mass is 241 g/mol. The standard InChI is InChI=1S/C15H19N3/c1-9-5-4-6-10(2)12(9)13-14(16)18(3)15(17-13)11-7-8-11/h4-6,11H,7-8,16H2,1-3H3. The lowest BCUT2D eigenvalue weighted by Crippen LogP contribution is -2.00. The van der Waals surface area contributed by atoms with Gasteiger partial charge < -0.3 is 10.3 Å². The van der Waals surface area contributed by atoms with E-state index in [0.717, 1.165) is 17.3 Å². The van der Waals surface area contributed by atoms with Crippen LogP contribution >= 0.6 is 0 Å². The Morgan fingerprint density at radius 3 is 2.39 bits per heavy atom. The Labute approximate surface area is 108 Å². The molecule has 1 aromatic heterocycles. The molecule has 1 aliphatic carbocycles. The third-order valence-electron chi connectivity index (χ3n) is 3.83. The van der Waals surface area contributed by atoms with E-state index in [0.29, 0.717) is 5.92 Å². The molecule has 1 fully saturated rings. The molecule has 1 aliphatic rings. The fourth-order valence-corrected chi connectivity index (χ4v) is 2.61. The lowest BCUT2D eigenvalue weighted by molar-refractivity contribution is 0.807. The van der Waals surface area contributed by atoms with Crippen molar-refractivity contribution < 1.29 is 0 Å². The van der Waals surface area contributed by atoms with Crippen molar-refractivity contribution in [3.05, 3.63) is 35.2 Å². The Morgan fingerprint density at radius 1 is 1.22 bits per heavy atom. The largest absolute Gasteiger partial charge is 0.383 e. The summed E-state index contributed by atoms with van der Waals surface area (Å²) in [6.45, 7) is 4.24. The van der Waals surface area contributed by atoms with Crippen LogP contribution in [0.2, 0.25) is 0 Å². The minimum atomic E-state index is 0.621. The summed E-state index contributed by atoms with van der Waals surface area (Å²) in [5, 5.41) is 0. The summed E-state index contributed by atoms with van der Waals surface area (Å²) in [5.74, 6) is 2.55. The summed E-state index contributed by atoms with van der Waals surface area (Å²) in [4.78, 5) is 4.80. The topological polar surface area (TPSA) is 43.8 Å². The fourth-order valence-electron chi connectivity index (χ4n) is 2.61. The van der Waals surface area contributed by atoms with Gasteiger partial charge in [-0.25, -0.2) is 4.98 Å². The number of nitrogens with two attached hydrogens (primary N) is 1. The average Bonchev–Trinajstić information content (AvgIpc) is 3.11. The number of imidazole rings is 1. The molecule has 2 aromatic rings. The van der Waals surface area contributed by atoms with Crippen LogP contribution in [0.3, 0.4) is 0 Å². The van der Waals surface area contributed by atoms with Crippen molar-refractivity contribution in [1.29, 1.82) is 0 Å². The van der Waals surface area contributed by atoms with Gasteiger partial charge in [-0.2, -0.15) is 0 Å². The molecule has 0 bridgehead atoms. The minimum Gasteiger partial charge on any atom is -0.383 e. The smallest absolute Gasteiger partial charge is 0.131 e. The second kappa shape index (κ2) is 3.87. The Balaban J connectivity index is 2.20. The van der Waals surface area contributed by atoms with Crippen molar-refractivity contribution >= 4 is 5.82 Å². The van der Waals surface area contributed by atoms with E-state index in [2.05, 4.69) is 36.6 Å². The predicted molar refractivity (Wildman–Crippen MR) is 74.5 cm³/mol. The summed E-state index contributed by atoms with van der Waals surface area (Å²) in [6, 6.07) is 6.32. The number of hydrogen-bond donors (Lipinski definition) is 1. The van der Waals surface area contributed by atoms with Crippen molar-refractivity contribution in [3.63, 3.8) is 0 Å². The van der Waals surface area contributed by atoms with Crippen molar-refractivity contribution in [3.8, 4) is 11.3 Å². The number of aryl methyl sites for hydroxylation is 2. The number of aromatic nitrogens is 2. The van der Waals surface area contributed by atoms with Gasteiger partial charge in [0.2, 0.25) is 0 Å². The first-order valence-corrected chi connectivity index (χ1v) is 6.48. The SMILES string of the molecule is Cc1cccc(C)c1-c1nc(C2CC2)n(C)c1N. The third-order valence-corrected chi connectivity index (χ3v) is 3.83. The Morgan fingerprint density at radius 2 is 1.83 bits per heavy atom. The van der Waals surface area contributed by atoms with E-state index in [9.17, 15) is 0 Å². The summed E-state index contributed by atoms with van der Waals surface area (Å²) in [6.07, 6.45) is 2.49. The van der Waals surface area contributed by atoms with Crippen LogP contribution in [-0.2, 0) is 7.05 Å². The number of hydrogen-bond acceptors (Lipinski definition) is 2. The number of nitrogen functional groups attached to an aromatic ring is 1. The first-order valence-electron chi connectivity index (χ1n) is 6.48. The van der Waals surface area contributed by atoms with E-state index >= 15 is 0 Å². The second-order valence-corrected chi connectivity index (χ2v) is 5.30. The highest BCUT2D eigenvalue weighted by atomic mass is 15.1. The van der Waals surface area contributed by atoms with Crippen LogP contribution in [0.15, 0.2) is 18.2 Å². The van der Waals surface area contributed by atoms with Gasteiger partial charge in [0.25, 0.3) is 0 Å². The molecule has 0 amide bonds. The lowest BCUT2D eigenvalue weighted by atomic mass is 10.0. The molecule has 0 spiro atoms. The molecule has 1 heterocycles. The molecule has 2 N–H and O–H groups in total. The van der Waals surface area contributed by atoms with Crippen LogP contribution in [0.25, 0.3) is 11.3 Å². The molecular weight excluding hydrogens is 222 g/mol. The minimum absolute atomic E-state index is 0.621. The lowest BCUT2D eigenvalue weighted by Gasteiger charge is -2.08. The molecule has 1 saturated carbocycles. The van der Waals surface area contributed by atoms with Gasteiger partial charge in [0.05, 0.1) is 0 Å². The van der Waals surface area contributed by atoms with Gasteiger partial charge in [0.1, 0.15) is 17.3 Å². The number of benzene rings is 1. The van der Waals surface area contributed by atoms with E-state index in [-0.39, 0.29) is 0 Å². The Hall–Kier alpha value is -1.77. The maximum Gasteiger partial charge on any atom is 0.131 e. The number of anilines is 1. The maximum absolute atomic E-state index is 6.24. The Kier molecular flexibility index (Phi) is 2.44. The molecule has 0 atom stereocenters. The first-order chi connectivity index (χ1) is 8.59. The van der Waals surface area contributed by atoms with Crippen LogP contribution in [-0.4, -0.2) is 9.55 Å². The van der Waals surface area contributed by atoms with Gasteiger partial charge in [-0.05, 0) is 37.8 Å². The van der Waals surface area contributed by atoms with Gasteiger partial charge in [-0.3, -0.25) is 0 Å². The first kappa shape index (κ1) is 11.3. The van der Waals surface area contributed by atoms with Crippen LogP contribution in [0, 0.1) is 13.8 Å². The van der Waals surface area contributed by atoms with E-state index in [1.807, 2.05) is 7.05 Å². The van der Waals surface area contributed by atoms with Crippen molar-refractivity contribution in [1.82, 2.24) is 9.55 Å². The molecule has 0 radical (unpaired) electrons. The van der Waals surface area contributed by atoms with Gasteiger partial charge in [0, 0.05) is 18.5 Å². The molecule has 3 nitrogen and oxygen atoms in total. The van der Waals surface area contributed by atoms with Crippen LogP contribution in [0.4, 0.5) is 5.82 Å². The highest BCUT2D eigenvalue weighted by molar-refractivity contribution is 5.76. The van der Waals surface area contributed by atoms with Crippen molar-refractivity contribution in [2.45, 2.75) is 32.6 Å². The summed E-state index contributed by atoms with van der Waals surface area (Å²) < 4.78 is 2.05. The van der Waals surface area contributed by atoms with Gasteiger partial charge in [0.15, 0.2) is 0 Å². The zero-order valence-corrected chi connectivity index (χ0v) is 11.2. The molecular formula is C15H19N3. The zero-order valence-electron chi connectivity index (χ0n) is 11.2.